The number of carbonyl (C=O) groups is 1. The molecule has 2 heterocycles. The number of aromatic nitrogens is 1. The van der Waals surface area contributed by atoms with Crippen molar-refractivity contribution in [3.8, 4) is 0 Å². The molecule has 0 aliphatic carbocycles. The molecular weight excluding hydrogens is 242 g/mol. The van der Waals surface area contributed by atoms with Crippen molar-refractivity contribution < 1.29 is 13.2 Å². The van der Waals surface area contributed by atoms with Crippen LogP contribution in [0, 0.1) is 0 Å². The van der Waals surface area contributed by atoms with Gasteiger partial charge in [-0.2, -0.15) is 4.31 Å². The minimum Gasteiger partial charge on any atom is -0.356 e. The lowest BCUT2D eigenvalue weighted by atomic mass is 10.4. The molecule has 1 amide bonds. The fraction of sp³-hybridized carbons (Fsp3) is 0.500. The Balaban J connectivity index is 2.27. The highest BCUT2D eigenvalue weighted by Crippen LogP contribution is 2.21. The van der Waals surface area contributed by atoms with E-state index in [4.69, 9.17) is 0 Å². The average molecular weight is 257 g/mol. The maximum Gasteiger partial charge on any atom is 0.267 e. The monoisotopic (exact) mass is 257 g/mol. The van der Waals surface area contributed by atoms with Gasteiger partial charge in [-0.15, -0.1) is 0 Å². The summed E-state index contributed by atoms with van der Waals surface area (Å²) in [5.41, 5.74) is 0.255. The summed E-state index contributed by atoms with van der Waals surface area (Å²) in [5.74, 6) is -0.326. The van der Waals surface area contributed by atoms with E-state index < -0.39 is 10.0 Å². The number of carbonyl (C=O) groups excluding carboxylic acids is 1. The van der Waals surface area contributed by atoms with Gasteiger partial charge in [0.2, 0.25) is 10.0 Å². The van der Waals surface area contributed by atoms with Crippen molar-refractivity contribution in [2.75, 3.05) is 20.1 Å². The molecule has 0 radical (unpaired) electrons. The molecule has 1 aromatic heterocycles. The van der Waals surface area contributed by atoms with Gasteiger partial charge in [-0.1, -0.05) is 0 Å². The fourth-order valence-electron chi connectivity index (χ4n) is 1.87. The summed E-state index contributed by atoms with van der Waals surface area (Å²) in [6, 6.07) is 1.37. The highest BCUT2D eigenvalue weighted by Gasteiger charge is 2.28. The van der Waals surface area contributed by atoms with Gasteiger partial charge in [-0.25, -0.2) is 8.42 Å². The minimum atomic E-state index is -3.44. The number of hydrogen-bond acceptors (Lipinski definition) is 3. The smallest absolute Gasteiger partial charge is 0.267 e. The first-order valence-corrected chi connectivity index (χ1v) is 6.90. The molecule has 0 bridgehead atoms. The fourth-order valence-corrected chi connectivity index (χ4v) is 3.38. The quantitative estimate of drug-likeness (QED) is 0.809. The van der Waals surface area contributed by atoms with Crippen molar-refractivity contribution in [3.63, 3.8) is 0 Å². The van der Waals surface area contributed by atoms with E-state index in [0.717, 1.165) is 12.8 Å². The van der Waals surface area contributed by atoms with Crippen LogP contribution in [0.25, 0.3) is 0 Å². The summed E-state index contributed by atoms with van der Waals surface area (Å²) < 4.78 is 25.7. The molecule has 17 heavy (non-hydrogen) atoms. The van der Waals surface area contributed by atoms with Crippen LogP contribution in [0.4, 0.5) is 0 Å². The zero-order chi connectivity index (χ0) is 12.5. The zero-order valence-electron chi connectivity index (χ0n) is 9.56. The molecule has 1 aliphatic heterocycles. The van der Waals surface area contributed by atoms with E-state index in [0.29, 0.717) is 13.1 Å². The summed E-state index contributed by atoms with van der Waals surface area (Å²) in [4.78, 5) is 14.1. The van der Waals surface area contributed by atoms with E-state index in [9.17, 15) is 13.2 Å². The molecule has 1 fully saturated rings. The lowest BCUT2D eigenvalue weighted by molar-refractivity contribution is 0.0958. The van der Waals surface area contributed by atoms with Gasteiger partial charge < -0.3 is 10.3 Å². The van der Waals surface area contributed by atoms with Crippen LogP contribution in [0.5, 0.6) is 0 Å². The van der Waals surface area contributed by atoms with Gasteiger partial charge in [0.25, 0.3) is 5.91 Å². The molecule has 2 rings (SSSR count). The van der Waals surface area contributed by atoms with Gasteiger partial charge in [0.05, 0.1) is 0 Å². The molecule has 1 aliphatic rings. The third-order valence-electron chi connectivity index (χ3n) is 2.83. The molecule has 0 aromatic carbocycles. The van der Waals surface area contributed by atoms with Crippen LogP contribution in [0.2, 0.25) is 0 Å². The Labute approximate surface area is 100 Å². The number of rotatable bonds is 3. The van der Waals surface area contributed by atoms with Gasteiger partial charge in [0.15, 0.2) is 0 Å². The number of nitrogens with one attached hydrogen (secondary N) is 2. The van der Waals surface area contributed by atoms with Gasteiger partial charge in [-0.3, -0.25) is 4.79 Å². The van der Waals surface area contributed by atoms with Crippen molar-refractivity contribution in [2.45, 2.75) is 17.7 Å². The summed E-state index contributed by atoms with van der Waals surface area (Å²) in [6.07, 6.45) is 3.15. The average Bonchev–Trinajstić information content (AvgIpc) is 2.98. The predicted molar refractivity (Wildman–Crippen MR) is 62.2 cm³/mol. The summed E-state index contributed by atoms with van der Waals surface area (Å²) in [6.45, 7) is 1.12. The topological polar surface area (TPSA) is 82.3 Å². The van der Waals surface area contributed by atoms with Crippen molar-refractivity contribution in [3.05, 3.63) is 18.0 Å². The highest BCUT2D eigenvalue weighted by atomic mass is 32.2. The van der Waals surface area contributed by atoms with E-state index in [1.54, 1.807) is 0 Å². The highest BCUT2D eigenvalue weighted by molar-refractivity contribution is 7.89. The van der Waals surface area contributed by atoms with Crippen molar-refractivity contribution in [2.24, 2.45) is 0 Å². The molecule has 2 N–H and O–H groups in total. The maximum absolute atomic E-state index is 12.1. The van der Waals surface area contributed by atoms with E-state index in [-0.39, 0.29) is 16.5 Å². The first-order chi connectivity index (χ1) is 8.05. The third-order valence-corrected chi connectivity index (χ3v) is 4.71. The summed E-state index contributed by atoms with van der Waals surface area (Å²) in [5, 5.41) is 2.44. The Bertz CT molecular complexity index is 515. The number of sulfonamides is 1. The Kier molecular flexibility index (Phi) is 3.21. The standard InChI is InChI=1S/C10H15N3O3S/c1-11-10(14)9-6-8(7-12-9)17(15,16)13-4-2-3-5-13/h6-7,12H,2-5H2,1H3,(H,11,14). The SMILES string of the molecule is CNC(=O)c1cc(S(=O)(=O)N2CCCC2)c[nH]1. The molecule has 1 aromatic rings. The van der Waals surface area contributed by atoms with Crippen LogP contribution < -0.4 is 5.32 Å². The summed E-state index contributed by atoms with van der Waals surface area (Å²) in [7, 11) is -1.94. The molecule has 94 valence electrons. The third kappa shape index (κ3) is 2.20. The first-order valence-electron chi connectivity index (χ1n) is 5.46. The van der Waals surface area contributed by atoms with Crippen LogP contribution in [-0.2, 0) is 10.0 Å². The minimum absolute atomic E-state index is 0.151. The lowest BCUT2D eigenvalue weighted by Crippen LogP contribution is -2.27. The van der Waals surface area contributed by atoms with E-state index in [2.05, 4.69) is 10.3 Å². The van der Waals surface area contributed by atoms with Crippen LogP contribution in [0.3, 0.4) is 0 Å². The molecule has 0 spiro atoms. The van der Waals surface area contributed by atoms with Crippen molar-refractivity contribution in [1.82, 2.24) is 14.6 Å². The van der Waals surface area contributed by atoms with Gasteiger partial charge >= 0.3 is 0 Å². The van der Waals surface area contributed by atoms with Crippen LogP contribution in [0.1, 0.15) is 23.3 Å². The summed E-state index contributed by atoms with van der Waals surface area (Å²) >= 11 is 0. The molecule has 6 nitrogen and oxygen atoms in total. The second kappa shape index (κ2) is 4.50. The molecule has 7 heteroatoms. The van der Waals surface area contributed by atoms with Crippen LogP contribution >= 0.6 is 0 Å². The van der Waals surface area contributed by atoms with Gasteiger partial charge in [0, 0.05) is 26.3 Å². The Hall–Kier alpha value is -1.34. The lowest BCUT2D eigenvalue weighted by Gasteiger charge is -2.13. The maximum atomic E-state index is 12.1. The Morgan fingerprint density at radius 2 is 2.06 bits per heavy atom. The van der Waals surface area contributed by atoms with E-state index >= 15 is 0 Å². The largest absolute Gasteiger partial charge is 0.356 e. The number of H-pyrrole nitrogens is 1. The molecule has 0 atom stereocenters. The molecule has 0 saturated carbocycles. The zero-order valence-corrected chi connectivity index (χ0v) is 10.4. The Morgan fingerprint density at radius 1 is 1.41 bits per heavy atom. The Morgan fingerprint density at radius 3 is 2.65 bits per heavy atom. The van der Waals surface area contributed by atoms with Gasteiger partial charge in [-0.05, 0) is 18.9 Å². The number of amides is 1. The number of hydrogen-bond donors (Lipinski definition) is 2. The second-order valence-corrected chi connectivity index (χ2v) is 5.88. The molecular formula is C10H15N3O3S. The first kappa shape index (κ1) is 12.1. The molecule has 1 saturated heterocycles. The number of nitrogens with zero attached hydrogens (tertiary/aromatic N) is 1. The number of aromatic amines is 1. The van der Waals surface area contributed by atoms with Crippen LogP contribution in [-0.4, -0.2) is 43.8 Å². The normalized spacial score (nSPS) is 17.2. The predicted octanol–water partition coefficient (Wildman–Crippen LogP) is 0.159. The van der Waals surface area contributed by atoms with Gasteiger partial charge in [0.1, 0.15) is 10.6 Å². The van der Waals surface area contributed by atoms with Crippen LogP contribution in [0.15, 0.2) is 17.2 Å². The van der Waals surface area contributed by atoms with Crippen molar-refractivity contribution in [1.29, 1.82) is 0 Å². The van der Waals surface area contributed by atoms with E-state index in [1.165, 1.54) is 23.6 Å². The molecule has 0 unspecified atom stereocenters. The van der Waals surface area contributed by atoms with E-state index in [1.807, 2.05) is 0 Å². The van der Waals surface area contributed by atoms with Crippen molar-refractivity contribution >= 4 is 15.9 Å². The second-order valence-electron chi connectivity index (χ2n) is 3.94.